The fourth-order valence-corrected chi connectivity index (χ4v) is 2.82. The number of nitro groups is 1. The summed E-state index contributed by atoms with van der Waals surface area (Å²) >= 11 is -2.16. The first-order chi connectivity index (χ1) is 9.57. The Hall–Kier alpha value is -1.34. The Morgan fingerprint density at radius 2 is 2.10 bits per heavy atom. The maximum absolute atomic E-state index is 11.4. The number of rotatable bonds is 9. The molecule has 0 spiro atoms. The zero-order valence-electron chi connectivity index (χ0n) is 11.5. The zero-order chi connectivity index (χ0) is 15.0. The molecule has 0 bridgehead atoms. The standard InChI is InChI=1S/C13H20N2O4S/c1-2-3-4-5-6-9-12(20(18)19)13-11(15(16)17)8-7-10-14-13/h7-8,10,12H,2-6,9H2,1H3,(H,18,19). The summed E-state index contributed by atoms with van der Waals surface area (Å²) in [5.74, 6) is 0. The van der Waals surface area contributed by atoms with Gasteiger partial charge >= 0.3 is 0 Å². The number of nitrogens with zero attached hydrogens (tertiary/aromatic N) is 2. The van der Waals surface area contributed by atoms with E-state index in [2.05, 4.69) is 11.9 Å². The Labute approximate surface area is 121 Å². The molecule has 6 nitrogen and oxygen atoms in total. The molecule has 1 aromatic heterocycles. The molecule has 1 rings (SSSR count). The highest BCUT2D eigenvalue weighted by molar-refractivity contribution is 7.79. The van der Waals surface area contributed by atoms with E-state index < -0.39 is 21.3 Å². The number of hydrogen-bond acceptors (Lipinski definition) is 4. The molecule has 0 radical (unpaired) electrons. The molecule has 1 heterocycles. The van der Waals surface area contributed by atoms with Crippen LogP contribution in [0.25, 0.3) is 0 Å². The predicted molar refractivity (Wildman–Crippen MR) is 77.8 cm³/mol. The van der Waals surface area contributed by atoms with E-state index in [-0.39, 0.29) is 11.4 Å². The molecular weight excluding hydrogens is 280 g/mol. The predicted octanol–water partition coefficient (Wildman–Crippen LogP) is 3.61. The van der Waals surface area contributed by atoms with Crippen molar-refractivity contribution in [2.45, 2.75) is 50.7 Å². The number of unbranched alkanes of at least 4 members (excludes halogenated alkanes) is 4. The van der Waals surface area contributed by atoms with Crippen LogP contribution in [-0.2, 0) is 11.1 Å². The molecule has 0 aliphatic rings. The van der Waals surface area contributed by atoms with Gasteiger partial charge in [0.1, 0.15) is 10.9 Å². The first kappa shape index (κ1) is 16.7. The molecule has 1 aromatic rings. The van der Waals surface area contributed by atoms with Crippen molar-refractivity contribution >= 4 is 16.8 Å². The SMILES string of the molecule is CCCCCCCC(c1ncccc1[N+](=O)[O-])S(=O)O. The molecule has 0 amide bonds. The Morgan fingerprint density at radius 1 is 1.40 bits per heavy atom. The van der Waals surface area contributed by atoms with Crippen molar-refractivity contribution in [1.82, 2.24) is 4.98 Å². The van der Waals surface area contributed by atoms with Gasteiger partial charge in [0.25, 0.3) is 5.69 Å². The topological polar surface area (TPSA) is 93.3 Å². The summed E-state index contributed by atoms with van der Waals surface area (Å²) in [5.41, 5.74) is -0.0812. The molecule has 2 unspecified atom stereocenters. The van der Waals surface area contributed by atoms with E-state index in [1.165, 1.54) is 18.3 Å². The first-order valence-corrected chi connectivity index (χ1v) is 7.93. The summed E-state index contributed by atoms with van der Waals surface area (Å²) in [5, 5.41) is 10.2. The monoisotopic (exact) mass is 300 g/mol. The summed E-state index contributed by atoms with van der Waals surface area (Å²) in [4.78, 5) is 14.3. The molecule has 112 valence electrons. The molecule has 0 saturated heterocycles. The fraction of sp³-hybridized carbons (Fsp3) is 0.615. The van der Waals surface area contributed by atoms with Gasteiger partial charge in [-0.1, -0.05) is 39.0 Å². The lowest BCUT2D eigenvalue weighted by molar-refractivity contribution is -0.386. The van der Waals surface area contributed by atoms with Crippen LogP contribution in [0.15, 0.2) is 18.3 Å². The van der Waals surface area contributed by atoms with Crippen LogP contribution in [0.4, 0.5) is 5.69 Å². The van der Waals surface area contributed by atoms with E-state index in [4.69, 9.17) is 0 Å². The molecule has 1 N–H and O–H groups in total. The molecule has 2 atom stereocenters. The van der Waals surface area contributed by atoms with Gasteiger partial charge in [0.15, 0.2) is 11.1 Å². The maximum atomic E-state index is 11.4. The lowest BCUT2D eigenvalue weighted by atomic mass is 10.1. The van der Waals surface area contributed by atoms with Crippen molar-refractivity contribution in [3.63, 3.8) is 0 Å². The quantitative estimate of drug-likeness (QED) is 0.325. The lowest BCUT2D eigenvalue weighted by Gasteiger charge is -2.12. The van der Waals surface area contributed by atoms with Crippen LogP contribution >= 0.6 is 0 Å². The third-order valence-electron chi connectivity index (χ3n) is 3.13. The fourth-order valence-electron chi connectivity index (χ4n) is 2.08. The third kappa shape index (κ3) is 4.97. The number of aromatic nitrogens is 1. The highest BCUT2D eigenvalue weighted by Crippen LogP contribution is 2.30. The number of hydrogen-bond donors (Lipinski definition) is 1. The minimum Gasteiger partial charge on any atom is -0.306 e. The molecule has 20 heavy (non-hydrogen) atoms. The van der Waals surface area contributed by atoms with Crippen LogP contribution in [0.5, 0.6) is 0 Å². The number of pyridine rings is 1. The van der Waals surface area contributed by atoms with Crippen molar-refractivity contribution in [2.24, 2.45) is 0 Å². The van der Waals surface area contributed by atoms with Crippen molar-refractivity contribution in [2.75, 3.05) is 0 Å². The van der Waals surface area contributed by atoms with E-state index in [1.54, 1.807) is 0 Å². The molecule has 0 aliphatic carbocycles. The second kappa shape index (κ2) is 8.76. The second-order valence-electron chi connectivity index (χ2n) is 4.63. The average molecular weight is 300 g/mol. The van der Waals surface area contributed by atoms with Gasteiger partial charge in [-0.3, -0.25) is 15.1 Å². The second-order valence-corrected chi connectivity index (χ2v) is 5.75. The van der Waals surface area contributed by atoms with Gasteiger partial charge in [0.2, 0.25) is 0 Å². The first-order valence-electron chi connectivity index (χ1n) is 6.76. The van der Waals surface area contributed by atoms with Crippen molar-refractivity contribution < 1.29 is 13.7 Å². The summed E-state index contributed by atoms with van der Waals surface area (Å²) < 4.78 is 20.8. The molecule has 0 aliphatic heterocycles. The van der Waals surface area contributed by atoms with Crippen molar-refractivity contribution in [3.8, 4) is 0 Å². The maximum Gasteiger partial charge on any atom is 0.292 e. The van der Waals surface area contributed by atoms with E-state index >= 15 is 0 Å². The van der Waals surface area contributed by atoms with Gasteiger partial charge in [-0.2, -0.15) is 0 Å². The van der Waals surface area contributed by atoms with E-state index in [1.807, 2.05) is 0 Å². The van der Waals surface area contributed by atoms with Gasteiger partial charge in [-0.05, 0) is 12.5 Å². The molecule has 0 fully saturated rings. The van der Waals surface area contributed by atoms with Crippen LogP contribution in [-0.4, -0.2) is 18.7 Å². The zero-order valence-corrected chi connectivity index (χ0v) is 12.3. The lowest BCUT2D eigenvalue weighted by Crippen LogP contribution is -2.10. The normalized spacial score (nSPS) is 13.9. The Kier molecular flexibility index (Phi) is 7.32. The van der Waals surface area contributed by atoms with Crippen LogP contribution in [0.3, 0.4) is 0 Å². The highest BCUT2D eigenvalue weighted by atomic mass is 32.2. The van der Waals surface area contributed by atoms with E-state index in [0.29, 0.717) is 6.42 Å². The van der Waals surface area contributed by atoms with Gasteiger partial charge in [0.05, 0.1) is 4.92 Å². The van der Waals surface area contributed by atoms with Crippen LogP contribution < -0.4 is 0 Å². The highest BCUT2D eigenvalue weighted by Gasteiger charge is 2.27. The van der Waals surface area contributed by atoms with Crippen LogP contribution in [0, 0.1) is 10.1 Å². The van der Waals surface area contributed by atoms with Crippen molar-refractivity contribution in [1.29, 1.82) is 0 Å². The summed E-state index contributed by atoms with van der Waals surface area (Å²) in [6, 6.07) is 2.78. The van der Waals surface area contributed by atoms with Gasteiger partial charge in [-0.25, -0.2) is 4.21 Å². The molecule has 7 heteroatoms. The van der Waals surface area contributed by atoms with Crippen molar-refractivity contribution in [3.05, 3.63) is 34.1 Å². The van der Waals surface area contributed by atoms with Crippen LogP contribution in [0.2, 0.25) is 0 Å². The summed E-state index contributed by atoms with van der Waals surface area (Å²) in [7, 11) is 0. The van der Waals surface area contributed by atoms with E-state index in [0.717, 1.165) is 32.1 Å². The largest absolute Gasteiger partial charge is 0.306 e. The average Bonchev–Trinajstić information content (AvgIpc) is 2.42. The molecule has 0 saturated carbocycles. The summed E-state index contributed by atoms with van der Waals surface area (Å²) in [6.45, 7) is 2.11. The molecule has 0 aromatic carbocycles. The van der Waals surface area contributed by atoms with Gasteiger partial charge in [0, 0.05) is 12.3 Å². The van der Waals surface area contributed by atoms with E-state index in [9.17, 15) is 18.9 Å². The Morgan fingerprint density at radius 3 is 2.70 bits per heavy atom. The third-order valence-corrected chi connectivity index (χ3v) is 4.08. The smallest absolute Gasteiger partial charge is 0.292 e. The minimum absolute atomic E-state index is 0.105. The minimum atomic E-state index is -2.16. The Balaban J connectivity index is 2.76. The molecular formula is C13H20N2O4S. The van der Waals surface area contributed by atoms with Gasteiger partial charge < -0.3 is 4.55 Å². The summed E-state index contributed by atoms with van der Waals surface area (Å²) in [6.07, 6.45) is 6.92. The van der Waals surface area contributed by atoms with Crippen LogP contribution in [0.1, 0.15) is 56.4 Å². The Bertz CT molecular complexity index is 467. The van der Waals surface area contributed by atoms with Gasteiger partial charge in [-0.15, -0.1) is 0 Å².